The molecule has 2 heteroatoms. The molecule has 2 nitrogen and oxygen atoms in total. The average Bonchev–Trinajstić information content (AvgIpc) is 3.12. The van der Waals surface area contributed by atoms with Gasteiger partial charge in [0, 0.05) is 18.0 Å². The van der Waals surface area contributed by atoms with Gasteiger partial charge in [-0.3, -0.25) is 0 Å². The van der Waals surface area contributed by atoms with Crippen LogP contribution in [0.3, 0.4) is 0 Å². The average molecular weight is 561 g/mol. The van der Waals surface area contributed by atoms with E-state index in [0.29, 0.717) is 0 Å². The molecular weight excluding hydrogens is 532 g/mol. The van der Waals surface area contributed by atoms with E-state index in [9.17, 15) is 0 Å². The van der Waals surface area contributed by atoms with Gasteiger partial charge in [-0.05, 0) is 78.2 Å². The van der Waals surface area contributed by atoms with E-state index in [1.165, 1.54) is 66.1 Å². The molecule has 1 heterocycles. The Hall–Kier alpha value is -5.86. The van der Waals surface area contributed by atoms with Crippen LogP contribution in [0.4, 0.5) is 0 Å². The smallest absolute Gasteiger partial charge is 0.159 e. The molecule has 0 amide bonds. The quantitative estimate of drug-likeness (QED) is 0.196. The van der Waals surface area contributed by atoms with E-state index >= 15 is 0 Å². The summed E-state index contributed by atoms with van der Waals surface area (Å²) in [6.07, 6.45) is 3.60. The van der Waals surface area contributed by atoms with Crippen LogP contribution >= 0.6 is 0 Å². The zero-order valence-electron chi connectivity index (χ0n) is 24.1. The summed E-state index contributed by atoms with van der Waals surface area (Å²) in [5, 5.41) is 4.85. The number of rotatable bonds is 5. The number of aromatic nitrogens is 2. The molecule has 0 unspecified atom stereocenters. The first-order chi connectivity index (χ1) is 21.8. The Balaban J connectivity index is 1.38. The highest BCUT2D eigenvalue weighted by atomic mass is 14.8. The molecule has 0 spiro atoms. The van der Waals surface area contributed by atoms with E-state index in [2.05, 4.69) is 162 Å². The third kappa shape index (κ3) is 4.63. The zero-order chi connectivity index (χ0) is 29.3. The number of fused-ring (bicyclic) bond motifs is 2. The van der Waals surface area contributed by atoms with Gasteiger partial charge in [0.2, 0.25) is 0 Å². The highest BCUT2D eigenvalue weighted by Crippen LogP contribution is 2.45. The number of hydrogen-bond acceptors (Lipinski definition) is 2. The molecule has 0 fully saturated rings. The summed E-state index contributed by atoms with van der Waals surface area (Å²) in [4.78, 5) is 9.15. The largest absolute Gasteiger partial charge is 0.237 e. The molecule has 0 aliphatic rings. The SMILES string of the molecule is c1ccc(-c2ccc(-c3c4ccccc4c(-c4ccc(-c5ccccc5)cc4)c4cc(-c5ncccn5)ccc34)cc2)cc1. The summed E-state index contributed by atoms with van der Waals surface area (Å²) >= 11 is 0. The fraction of sp³-hybridized carbons (Fsp3) is 0. The normalized spacial score (nSPS) is 11.2. The fourth-order valence-corrected chi connectivity index (χ4v) is 6.31. The number of hydrogen-bond donors (Lipinski definition) is 0. The molecule has 8 rings (SSSR count). The topological polar surface area (TPSA) is 25.8 Å². The predicted molar refractivity (Wildman–Crippen MR) is 184 cm³/mol. The van der Waals surface area contributed by atoms with Crippen LogP contribution in [-0.2, 0) is 0 Å². The first-order valence-electron chi connectivity index (χ1n) is 14.9. The highest BCUT2D eigenvalue weighted by molar-refractivity contribution is 6.22. The van der Waals surface area contributed by atoms with Gasteiger partial charge in [0.1, 0.15) is 0 Å². The lowest BCUT2D eigenvalue weighted by molar-refractivity contribution is 1.18. The van der Waals surface area contributed by atoms with Crippen molar-refractivity contribution >= 4 is 21.5 Å². The number of nitrogens with zero attached hydrogens (tertiary/aromatic N) is 2. The molecule has 0 bridgehead atoms. The van der Waals surface area contributed by atoms with E-state index in [1.54, 1.807) is 12.4 Å². The summed E-state index contributed by atoms with van der Waals surface area (Å²) in [5.74, 6) is 0.724. The van der Waals surface area contributed by atoms with Crippen molar-refractivity contribution < 1.29 is 0 Å². The molecule has 0 N–H and O–H groups in total. The lowest BCUT2D eigenvalue weighted by Gasteiger charge is -2.19. The molecule has 0 aliphatic carbocycles. The minimum atomic E-state index is 0.724. The van der Waals surface area contributed by atoms with Crippen molar-refractivity contribution in [2.45, 2.75) is 0 Å². The summed E-state index contributed by atoms with van der Waals surface area (Å²) < 4.78 is 0. The van der Waals surface area contributed by atoms with Crippen molar-refractivity contribution in [1.29, 1.82) is 0 Å². The monoisotopic (exact) mass is 560 g/mol. The van der Waals surface area contributed by atoms with Gasteiger partial charge in [-0.2, -0.15) is 0 Å². The van der Waals surface area contributed by atoms with E-state index in [1.807, 2.05) is 6.07 Å². The first-order valence-corrected chi connectivity index (χ1v) is 14.9. The maximum Gasteiger partial charge on any atom is 0.159 e. The van der Waals surface area contributed by atoms with Crippen LogP contribution in [0.1, 0.15) is 0 Å². The second-order valence-electron chi connectivity index (χ2n) is 11.0. The zero-order valence-corrected chi connectivity index (χ0v) is 24.1. The van der Waals surface area contributed by atoms with Crippen LogP contribution in [0.2, 0.25) is 0 Å². The third-order valence-corrected chi connectivity index (χ3v) is 8.41. The molecule has 0 saturated heterocycles. The maximum atomic E-state index is 4.57. The van der Waals surface area contributed by atoms with Gasteiger partial charge in [0.25, 0.3) is 0 Å². The van der Waals surface area contributed by atoms with Gasteiger partial charge in [-0.25, -0.2) is 9.97 Å². The molecular formula is C42H28N2. The minimum absolute atomic E-state index is 0.724. The fourth-order valence-electron chi connectivity index (χ4n) is 6.31. The number of benzene rings is 7. The van der Waals surface area contributed by atoms with Crippen molar-refractivity contribution in [1.82, 2.24) is 9.97 Å². The maximum absolute atomic E-state index is 4.57. The van der Waals surface area contributed by atoms with Crippen LogP contribution < -0.4 is 0 Å². The highest BCUT2D eigenvalue weighted by Gasteiger charge is 2.18. The van der Waals surface area contributed by atoms with Crippen LogP contribution in [0, 0.1) is 0 Å². The molecule has 44 heavy (non-hydrogen) atoms. The van der Waals surface area contributed by atoms with Gasteiger partial charge in [-0.15, -0.1) is 0 Å². The van der Waals surface area contributed by atoms with E-state index in [-0.39, 0.29) is 0 Å². The van der Waals surface area contributed by atoms with Gasteiger partial charge < -0.3 is 0 Å². The Morgan fingerprint density at radius 2 is 0.659 bits per heavy atom. The molecule has 0 radical (unpaired) electrons. The Labute approximate surface area is 257 Å². The Kier molecular flexibility index (Phi) is 6.51. The standard InChI is InChI=1S/C42H28N2/c1-3-10-29(11-4-1)31-16-20-33(21-17-31)40-36-14-7-8-15-37(36)41(34-22-18-32(19-23-34)30-12-5-2-6-13-30)39-28-35(24-25-38(39)40)42-43-26-9-27-44-42/h1-28H. The second kappa shape index (κ2) is 11.1. The van der Waals surface area contributed by atoms with Crippen molar-refractivity contribution in [2.24, 2.45) is 0 Å². The summed E-state index contributed by atoms with van der Waals surface area (Å²) in [5.41, 5.74) is 10.7. The van der Waals surface area contributed by atoms with Crippen molar-refractivity contribution in [3.63, 3.8) is 0 Å². The molecule has 0 saturated carbocycles. The van der Waals surface area contributed by atoms with Crippen molar-refractivity contribution in [2.75, 3.05) is 0 Å². The van der Waals surface area contributed by atoms with E-state index in [0.717, 1.165) is 11.4 Å². The molecule has 8 aromatic rings. The summed E-state index contributed by atoms with van der Waals surface area (Å²) in [6, 6.07) is 56.3. The Morgan fingerprint density at radius 1 is 0.273 bits per heavy atom. The summed E-state index contributed by atoms with van der Waals surface area (Å²) in [6.45, 7) is 0. The lowest BCUT2D eigenvalue weighted by Crippen LogP contribution is -1.93. The van der Waals surface area contributed by atoms with Gasteiger partial charge in [0.05, 0.1) is 0 Å². The predicted octanol–water partition coefficient (Wildman–Crippen LogP) is 11.1. The Morgan fingerprint density at radius 3 is 1.18 bits per heavy atom. The van der Waals surface area contributed by atoms with Gasteiger partial charge in [0.15, 0.2) is 5.82 Å². The van der Waals surface area contributed by atoms with Gasteiger partial charge in [-0.1, -0.05) is 146 Å². The van der Waals surface area contributed by atoms with Crippen LogP contribution in [0.15, 0.2) is 170 Å². The lowest BCUT2D eigenvalue weighted by atomic mass is 9.84. The molecule has 1 aromatic heterocycles. The van der Waals surface area contributed by atoms with Gasteiger partial charge >= 0.3 is 0 Å². The van der Waals surface area contributed by atoms with E-state index in [4.69, 9.17) is 0 Å². The van der Waals surface area contributed by atoms with Crippen LogP contribution in [-0.4, -0.2) is 9.97 Å². The Bertz CT molecular complexity index is 2220. The third-order valence-electron chi connectivity index (χ3n) is 8.41. The molecule has 0 atom stereocenters. The van der Waals surface area contributed by atoms with Crippen molar-refractivity contribution in [3.05, 3.63) is 170 Å². The molecule has 206 valence electrons. The van der Waals surface area contributed by atoms with Crippen molar-refractivity contribution in [3.8, 4) is 55.9 Å². The molecule has 7 aromatic carbocycles. The first kappa shape index (κ1) is 25.8. The molecule has 0 aliphatic heterocycles. The van der Waals surface area contributed by atoms with E-state index < -0.39 is 0 Å². The second-order valence-corrected chi connectivity index (χ2v) is 11.0. The van der Waals surface area contributed by atoms with Crippen LogP contribution in [0.25, 0.3) is 77.4 Å². The summed E-state index contributed by atoms with van der Waals surface area (Å²) in [7, 11) is 0. The minimum Gasteiger partial charge on any atom is -0.237 e. The van der Waals surface area contributed by atoms with Crippen LogP contribution in [0.5, 0.6) is 0 Å².